The minimum Gasteiger partial charge on any atom is -0.463 e. The molecular formula is C29H36N2O2. The summed E-state index contributed by atoms with van der Waals surface area (Å²) >= 11 is 0. The molecule has 3 aromatic rings. The van der Waals surface area contributed by atoms with Crippen LogP contribution in [0.1, 0.15) is 60.6 Å². The molecule has 4 rings (SSSR count). The van der Waals surface area contributed by atoms with E-state index in [2.05, 4.69) is 84.3 Å². The van der Waals surface area contributed by atoms with Gasteiger partial charge in [-0.25, -0.2) is 0 Å². The number of aryl methyl sites for hydroxylation is 2. The number of rotatable bonds is 10. The molecule has 1 unspecified atom stereocenters. The second-order valence-corrected chi connectivity index (χ2v) is 9.09. The van der Waals surface area contributed by atoms with Crippen molar-refractivity contribution < 1.29 is 9.21 Å². The smallest absolute Gasteiger partial charge is 0.151 e. The summed E-state index contributed by atoms with van der Waals surface area (Å²) in [6, 6.07) is 21.1. The SMILES string of the molecule is CCN(CC)Cc1cc2c(o1)CN(C(C(C)=O)c1cccc(CCc3ccccc3)c1)CC2. The summed E-state index contributed by atoms with van der Waals surface area (Å²) in [6.45, 7) is 10.5. The molecule has 2 aromatic carbocycles. The van der Waals surface area contributed by atoms with Crippen LogP contribution in [0.25, 0.3) is 0 Å². The van der Waals surface area contributed by atoms with Crippen LogP contribution < -0.4 is 0 Å². The Morgan fingerprint density at radius 1 is 1.00 bits per heavy atom. The van der Waals surface area contributed by atoms with Crippen molar-refractivity contribution >= 4 is 5.78 Å². The van der Waals surface area contributed by atoms with E-state index in [1.54, 1.807) is 6.92 Å². The number of carbonyl (C=O) groups excluding carboxylic acids is 1. The number of hydrogen-bond donors (Lipinski definition) is 0. The van der Waals surface area contributed by atoms with E-state index in [0.717, 1.165) is 62.5 Å². The lowest BCUT2D eigenvalue weighted by molar-refractivity contribution is -0.122. The molecule has 0 fully saturated rings. The molecule has 0 radical (unpaired) electrons. The van der Waals surface area contributed by atoms with Gasteiger partial charge in [-0.05, 0) is 67.6 Å². The van der Waals surface area contributed by atoms with Crippen LogP contribution in [0.4, 0.5) is 0 Å². The minimum absolute atomic E-state index is 0.189. The molecule has 0 aliphatic carbocycles. The summed E-state index contributed by atoms with van der Waals surface area (Å²) in [5.74, 6) is 2.25. The maximum Gasteiger partial charge on any atom is 0.151 e. The van der Waals surface area contributed by atoms with Gasteiger partial charge in [0.15, 0.2) is 5.78 Å². The molecule has 1 atom stereocenters. The third-order valence-electron chi connectivity index (χ3n) is 6.80. The van der Waals surface area contributed by atoms with Gasteiger partial charge in [0.25, 0.3) is 0 Å². The zero-order valence-electron chi connectivity index (χ0n) is 20.2. The van der Waals surface area contributed by atoms with Crippen molar-refractivity contribution in [3.63, 3.8) is 0 Å². The minimum atomic E-state index is -0.230. The van der Waals surface area contributed by atoms with Crippen LogP contribution in [0.3, 0.4) is 0 Å². The summed E-state index contributed by atoms with van der Waals surface area (Å²) < 4.78 is 6.25. The predicted octanol–water partition coefficient (Wildman–Crippen LogP) is 5.60. The van der Waals surface area contributed by atoms with Gasteiger partial charge in [-0.2, -0.15) is 0 Å². The number of carbonyl (C=O) groups is 1. The van der Waals surface area contributed by atoms with Gasteiger partial charge in [-0.3, -0.25) is 14.6 Å². The van der Waals surface area contributed by atoms with Crippen LogP contribution in [0.2, 0.25) is 0 Å². The highest BCUT2D eigenvalue weighted by Crippen LogP contribution is 2.31. The fraction of sp³-hybridized carbons (Fsp3) is 0.414. The summed E-state index contributed by atoms with van der Waals surface area (Å²) in [4.78, 5) is 17.4. The number of nitrogens with zero attached hydrogens (tertiary/aromatic N) is 2. The number of furan rings is 1. The van der Waals surface area contributed by atoms with Crippen molar-refractivity contribution in [2.75, 3.05) is 19.6 Å². The first-order valence-electron chi connectivity index (χ1n) is 12.3. The predicted molar refractivity (Wildman–Crippen MR) is 133 cm³/mol. The van der Waals surface area contributed by atoms with E-state index in [0.29, 0.717) is 6.54 Å². The number of benzene rings is 2. The molecule has 2 heterocycles. The second kappa shape index (κ2) is 11.0. The average molecular weight is 445 g/mol. The lowest BCUT2D eigenvalue weighted by atomic mass is 9.95. The highest BCUT2D eigenvalue weighted by molar-refractivity contribution is 5.83. The Bertz CT molecular complexity index is 1050. The van der Waals surface area contributed by atoms with E-state index in [1.807, 2.05) is 0 Å². The molecule has 0 amide bonds. The molecule has 0 saturated heterocycles. The fourth-order valence-corrected chi connectivity index (χ4v) is 4.92. The molecule has 0 spiro atoms. The Kier molecular flexibility index (Phi) is 7.79. The first-order valence-corrected chi connectivity index (χ1v) is 12.3. The van der Waals surface area contributed by atoms with Gasteiger partial charge in [-0.15, -0.1) is 0 Å². The Balaban J connectivity index is 1.48. The number of ketones is 1. The zero-order valence-corrected chi connectivity index (χ0v) is 20.2. The second-order valence-electron chi connectivity index (χ2n) is 9.09. The van der Waals surface area contributed by atoms with E-state index in [-0.39, 0.29) is 11.8 Å². The van der Waals surface area contributed by atoms with Crippen molar-refractivity contribution in [1.29, 1.82) is 0 Å². The van der Waals surface area contributed by atoms with Crippen LogP contribution in [0, 0.1) is 0 Å². The molecule has 4 nitrogen and oxygen atoms in total. The number of Topliss-reactive ketones (excluding diaryl/α,β-unsaturated/α-hetero) is 1. The lowest BCUT2D eigenvalue weighted by Gasteiger charge is -2.32. The summed E-state index contributed by atoms with van der Waals surface area (Å²) in [5.41, 5.74) is 5.01. The van der Waals surface area contributed by atoms with Crippen LogP contribution in [-0.4, -0.2) is 35.2 Å². The average Bonchev–Trinajstić information content (AvgIpc) is 3.24. The van der Waals surface area contributed by atoms with Crippen molar-refractivity contribution in [3.8, 4) is 0 Å². The van der Waals surface area contributed by atoms with Gasteiger partial charge < -0.3 is 4.42 Å². The first kappa shape index (κ1) is 23.5. The normalized spacial score (nSPS) is 14.9. The van der Waals surface area contributed by atoms with E-state index in [9.17, 15) is 4.79 Å². The van der Waals surface area contributed by atoms with Gasteiger partial charge in [0.1, 0.15) is 11.5 Å². The van der Waals surface area contributed by atoms with Gasteiger partial charge in [-0.1, -0.05) is 68.4 Å². The van der Waals surface area contributed by atoms with Crippen LogP contribution >= 0.6 is 0 Å². The van der Waals surface area contributed by atoms with Crippen LogP contribution in [0.15, 0.2) is 65.1 Å². The maximum absolute atomic E-state index is 12.8. The number of hydrogen-bond acceptors (Lipinski definition) is 4. The van der Waals surface area contributed by atoms with Crippen molar-refractivity contribution in [2.24, 2.45) is 0 Å². The molecule has 1 aliphatic heterocycles. The van der Waals surface area contributed by atoms with Gasteiger partial charge in [0, 0.05) is 6.54 Å². The lowest BCUT2D eigenvalue weighted by Crippen LogP contribution is -2.37. The first-order chi connectivity index (χ1) is 16.1. The molecular weight excluding hydrogens is 408 g/mol. The molecule has 0 saturated carbocycles. The monoisotopic (exact) mass is 444 g/mol. The fourth-order valence-electron chi connectivity index (χ4n) is 4.92. The molecule has 1 aromatic heterocycles. The molecule has 0 bridgehead atoms. The van der Waals surface area contributed by atoms with Gasteiger partial charge in [0.2, 0.25) is 0 Å². The molecule has 1 aliphatic rings. The molecule has 33 heavy (non-hydrogen) atoms. The van der Waals surface area contributed by atoms with Crippen molar-refractivity contribution in [2.45, 2.75) is 59.2 Å². The topological polar surface area (TPSA) is 36.7 Å². The maximum atomic E-state index is 12.8. The Labute approximate surface area is 198 Å². The van der Waals surface area contributed by atoms with Gasteiger partial charge >= 0.3 is 0 Å². The Morgan fingerprint density at radius 2 is 1.73 bits per heavy atom. The highest BCUT2D eigenvalue weighted by atomic mass is 16.3. The van der Waals surface area contributed by atoms with E-state index < -0.39 is 0 Å². The largest absolute Gasteiger partial charge is 0.463 e. The summed E-state index contributed by atoms with van der Waals surface area (Å²) in [5, 5.41) is 0. The standard InChI is InChI=1S/C29H36N2O2/c1-4-30(5-2)20-27-19-25-16-17-31(21-28(25)33-27)29(22(3)32)26-13-9-12-24(18-26)15-14-23-10-7-6-8-11-23/h6-13,18-19,29H,4-5,14-17,20-21H2,1-3H3. The quantitative estimate of drug-likeness (QED) is 0.408. The van der Waals surface area contributed by atoms with E-state index in [4.69, 9.17) is 4.42 Å². The summed E-state index contributed by atoms with van der Waals surface area (Å²) in [7, 11) is 0. The Morgan fingerprint density at radius 3 is 2.45 bits per heavy atom. The number of fused-ring (bicyclic) bond motifs is 1. The van der Waals surface area contributed by atoms with E-state index in [1.165, 1.54) is 16.7 Å². The molecule has 174 valence electrons. The molecule has 4 heteroatoms. The third kappa shape index (κ3) is 5.82. The van der Waals surface area contributed by atoms with Crippen LogP contribution in [-0.2, 0) is 37.1 Å². The van der Waals surface area contributed by atoms with Gasteiger partial charge in [0.05, 0.1) is 19.1 Å². The third-order valence-corrected chi connectivity index (χ3v) is 6.80. The van der Waals surface area contributed by atoms with Crippen molar-refractivity contribution in [1.82, 2.24) is 9.80 Å². The zero-order chi connectivity index (χ0) is 23.2. The highest BCUT2D eigenvalue weighted by Gasteiger charge is 2.30. The Hall–Kier alpha value is -2.69. The van der Waals surface area contributed by atoms with Crippen molar-refractivity contribution in [3.05, 3.63) is 94.4 Å². The van der Waals surface area contributed by atoms with E-state index >= 15 is 0 Å². The summed E-state index contributed by atoms with van der Waals surface area (Å²) in [6.07, 6.45) is 2.90. The molecule has 0 N–H and O–H groups in total. The van der Waals surface area contributed by atoms with Crippen LogP contribution in [0.5, 0.6) is 0 Å².